The molecule has 4 rings (SSSR count). The molecule has 3 heterocycles. The lowest BCUT2D eigenvalue weighted by molar-refractivity contribution is 0.580. The van der Waals surface area contributed by atoms with E-state index in [2.05, 4.69) is 30.4 Å². The number of hydrogen-bond donors (Lipinski definition) is 0. The summed E-state index contributed by atoms with van der Waals surface area (Å²) < 4.78 is 31.3. The molecule has 11 heteroatoms. The minimum absolute atomic E-state index is 0.100. The summed E-state index contributed by atoms with van der Waals surface area (Å²) in [6, 6.07) is 6.86. The molecule has 3 aromatic heterocycles. The molecule has 9 nitrogen and oxygen atoms in total. The van der Waals surface area contributed by atoms with Crippen LogP contribution in [0.25, 0.3) is 38.6 Å². The molecule has 0 unspecified atom stereocenters. The number of aromatic nitrogens is 6. The highest BCUT2D eigenvalue weighted by Gasteiger charge is 2.20. The van der Waals surface area contributed by atoms with E-state index in [1.54, 1.807) is 22.8 Å². The molecule has 0 saturated heterocycles. The van der Waals surface area contributed by atoms with Gasteiger partial charge in [-0.3, -0.25) is 4.68 Å². The second kappa shape index (κ2) is 7.88. The normalized spacial score (nSPS) is 11.2. The summed E-state index contributed by atoms with van der Waals surface area (Å²) in [5.41, 5.74) is 10.8. The first-order valence-electron chi connectivity index (χ1n) is 9.24. The van der Waals surface area contributed by atoms with Gasteiger partial charge in [-0.15, -0.1) is 10.2 Å². The zero-order chi connectivity index (χ0) is 21.3. The Labute approximate surface area is 169 Å². The van der Waals surface area contributed by atoms with Crippen LogP contribution in [0.2, 0.25) is 0 Å². The minimum atomic E-state index is -0.727. The highest BCUT2D eigenvalue weighted by molar-refractivity contribution is 5.79. The summed E-state index contributed by atoms with van der Waals surface area (Å²) in [7, 11) is 0. The quantitative estimate of drug-likeness (QED) is 0.267. The Balaban J connectivity index is 1.90. The fourth-order valence-electron chi connectivity index (χ4n) is 3.20. The molecular weight excluding hydrogens is 392 g/mol. The summed E-state index contributed by atoms with van der Waals surface area (Å²) in [6.07, 6.45) is 1.56. The van der Waals surface area contributed by atoms with Crippen LogP contribution in [0.4, 0.5) is 8.78 Å². The van der Waals surface area contributed by atoms with Crippen LogP contribution in [-0.2, 0) is 6.54 Å². The number of halogens is 2. The fourth-order valence-corrected chi connectivity index (χ4v) is 3.20. The molecule has 4 aromatic rings. The van der Waals surface area contributed by atoms with E-state index in [4.69, 9.17) is 5.53 Å². The Hall–Kier alpha value is -3.85. The summed E-state index contributed by atoms with van der Waals surface area (Å²) in [6.45, 7) is 4.32. The molecule has 1 aromatic carbocycles. The van der Waals surface area contributed by atoms with Gasteiger partial charge < -0.3 is 0 Å². The van der Waals surface area contributed by atoms with E-state index in [0.29, 0.717) is 28.4 Å². The van der Waals surface area contributed by atoms with Gasteiger partial charge in [-0.2, -0.15) is 14.7 Å². The molecule has 0 N–H and O–H groups in total. The van der Waals surface area contributed by atoms with Crippen molar-refractivity contribution in [2.24, 2.45) is 5.11 Å². The van der Waals surface area contributed by atoms with Gasteiger partial charge in [0.25, 0.3) is 0 Å². The van der Waals surface area contributed by atoms with E-state index in [0.717, 1.165) is 6.07 Å². The third-order valence-electron chi connectivity index (χ3n) is 4.58. The number of fused-ring (bicyclic) bond motifs is 1. The van der Waals surface area contributed by atoms with Crippen LogP contribution in [0, 0.1) is 11.6 Å². The Kier molecular flexibility index (Phi) is 5.11. The maximum absolute atomic E-state index is 14.6. The molecule has 0 spiro atoms. The lowest BCUT2D eigenvalue weighted by Gasteiger charge is -2.11. The maximum Gasteiger partial charge on any atom is 0.177 e. The molecule has 0 saturated carbocycles. The smallest absolute Gasteiger partial charge is 0.177 e. The van der Waals surface area contributed by atoms with Crippen molar-refractivity contribution in [3.8, 4) is 22.5 Å². The largest absolute Gasteiger partial charge is 0.264 e. The highest BCUT2D eigenvalue weighted by Crippen LogP contribution is 2.33. The average molecular weight is 409 g/mol. The lowest BCUT2D eigenvalue weighted by Crippen LogP contribution is -2.06. The summed E-state index contributed by atoms with van der Waals surface area (Å²) in [5.74, 6) is -0.612. The van der Waals surface area contributed by atoms with Gasteiger partial charge in [0.2, 0.25) is 0 Å². The third-order valence-corrected chi connectivity index (χ3v) is 4.58. The van der Waals surface area contributed by atoms with Gasteiger partial charge in [0.05, 0.1) is 17.6 Å². The predicted molar refractivity (Wildman–Crippen MR) is 105 cm³/mol. The van der Waals surface area contributed by atoms with E-state index in [9.17, 15) is 8.78 Å². The Bertz CT molecular complexity index is 1270. The van der Waals surface area contributed by atoms with Crippen molar-refractivity contribution in [2.45, 2.75) is 26.3 Å². The van der Waals surface area contributed by atoms with Crippen LogP contribution in [0.1, 0.15) is 25.6 Å². The number of benzene rings is 1. The monoisotopic (exact) mass is 409 g/mol. The maximum atomic E-state index is 14.6. The predicted octanol–water partition coefficient (Wildman–Crippen LogP) is 4.37. The second-order valence-electron chi connectivity index (χ2n) is 6.91. The summed E-state index contributed by atoms with van der Waals surface area (Å²) in [5, 5.41) is 20.8. The van der Waals surface area contributed by atoms with Crippen LogP contribution < -0.4 is 0 Å². The van der Waals surface area contributed by atoms with Gasteiger partial charge in [-0.05, 0) is 29.8 Å². The van der Waals surface area contributed by atoms with E-state index < -0.39 is 11.6 Å². The van der Waals surface area contributed by atoms with Gasteiger partial charge in [0.1, 0.15) is 11.6 Å². The molecule has 0 atom stereocenters. The molecule has 0 aliphatic carbocycles. The van der Waals surface area contributed by atoms with Gasteiger partial charge in [-0.25, -0.2) is 8.78 Å². The summed E-state index contributed by atoms with van der Waals surface area (Å²) >= 11 is 0. The van der Waals surface area contributed by atoms with Gasteiger partial charge in [-0.1, -0.05) is 19.0 Å². The molecule has 0 aliphatic heterocycles. The van der Waals surface area contributed by atoms with E-state index in [1.807, 2.05) is 13.8 Å². The van der Waals surface area contributed by atoms with Gasteiger partial charge in [0.15, 0.2) is 11.5 Å². The molecule has 152 valence electrons. The number of nitrogens with zero attached hydrogens (tertiary/aromatic N) is 9. The molecule has 0 bridgehead atoms. The second-order valence-corrected chi connectivity index (χ2v) is 6.91. The zero-order valence-electron chi connectivity index (χ0n) is 16.2. The Morgan fingerprint density at radius 2 is 1.97 bits per heavy atom. The molecule has 0 fully saturated rings. The van der Waals surface area contributed by atoms with Crippen molar-refractivity contribution in [1.29, 1.82) is 0 Å². The molecule has 0 aliphatic rings. The van der Waals surface area contributed by atoms with E-state index >= 15 is 0 Å². The highest BCUT2D eigenvalue weighted by atomic mass is 19.1. The first-order valence-corrected chi connectivity index (χ1v) is 9.24. The van der Waals surface area contributed by atoms with E-state index in [-0.39, 0.29) is 24.6 Å². The molecule has 0 radical (unpaired) electrons. The molecule has 30 heavy (non-hydrogen) atoms. The zero-order valence-corrected chi connectivity index (χ0v) is 16.2. The van der Waals surface area contributed by atoms with Crippen molar-refractivity contribution in [3.05, 3.63) is 64.4 Å². The standard InChI is InChI=1S/C19H17F2N9/c1-11(2)19-26-25-17-6-5-16(27-30(17)19)14-10-24-29(8-7-23-28-22)18(14)13-4-3-12(20)9-15(13)21/h3-6,9-11H,7-8H2,1-2H3. The number of azide groups is 1. The molecule has 0 amide bonds. The Morgan fingerprint density at radius 1 is 1.13 bits per heavy atom. The van der Waals surface area contributed by atoms with Crippen molar-refractivity contribution in [2.75, 3.05) is 6.54 Å². The van der Waals surface area contributed by atoms with Crippen molar-refractivity contribution in [3.63, 3.8) is 0 Å². The van der Waals surface area contributed by atoms with Gasteiger partial charge in [0, 0.05) is 41.1 Å². The van der Waals surface area contributed by atoms with Crippen LogP contribution >= 0.6 is 0 Å². The Morgan fingerprint density at radius 3 is 2.70 bits per heavy atom. The third kappa shape index (κ3) is 3.46. The van der Waals surface area contributed by atoms with Crippen LogP contribution in [0.5, 0.6) is 0 Å². The average Bonchev–Trinajstić information content (AvgIpc) is 3.32. The van der Waals surface area contributed by atoms with Gasteiger partial charge >= 0.3 is 0 Å². The topological polar surface area (TPSA) is 110 Å². The van der Waals surface area contributed by atoms with Crippen LogP contribution in [0.15, 0.2) is 41.6 Å². The molecular formula is C19H17F2N9. The number of hydrogen-bond acceptors (Lipinski definition) is 5. The number of rotatable bonds is 6. The SMILES string of the molecule is CC(C)c1nnc2ccc(-c3cnn(CCN=[N+]=[N-])c3-c3ccc(F)cc3F)nn12. The van der Waals surface area contributed by atoms with Crippen LogP contribution in [0.3, 0.4) is 0 Å². The fraction of sp³-hybridized carbons (Fsp3) is 0.263. The van der Waals surface area contributed by atoms with Crippen LogP contribution in [-0.4, -0.2) is 36.1 Å². The summed E-state index contributed by atoms with van der Waals surface area (Å²) in [4.78, 5) is 2.73. The van der Waals surface area contributed by atoms with Crippen molar-refractivity contribution >= 4 is 5.65 Å². The lowest BCUT2D eigenvalue weighted by atomic mass is 10.0. The van der Waals surface area contributed by atoms with Crippen molar-refractivity contribution in [1.82, 2.24) is 29.6 Å². The first kappa shape index (κ1) is 19.5. The first-order chi connectivity index (χ1) is 14.5. The van der Waals surface area contributed by atoms with Crippen molar-refractivity contribution < 1.29 is 8.78 Å². The van der Waals surface area contributed by atoms with E-state index in [1.165, 1.54) is 16.8 Å². The minimum Gasteiger partial charge on any atom is -0.264 e.